The minimum atomic E-state index is 0.808. The number of aromatic nitrogens is 2. The molecule has 0 saturated heterocycles. The number of aryl methyl sites for hydroxylation is 2. The molecule has 0 aliphatic rings. The van der Waals surface area contributed by atoms with E-state index < -0.39 is 0 Å². The fraction of sp³-hybridized carbons (Fsp3) is 0.556. The summed E-state index contributed by atoms with van der Waals surface area (Å²) in [5, 5.41) is 0. The summed E-state index contributed by atoms with van der Waals surface area (Å²) in [4.78, 5) is 10.9. The van der Waals surface area contributed by atoms with Crippen molar-refractivity contribution in [1.82, 2.24) is 14.9 Å². The molecule has 0 amide bonds. The van der Waals surface area contributed by atoms with Gasteiger partial charge in [0.05, 0.1) is 6.54 Å². The van der Waals surface area contributed by atoms with Gasteiger partial charge in [-0.15, -0.1) is 0 Å². The summed E-state index contributed by atoms with van der Waals surface area (Å²) < 4.78 is 0. The highest BCUT2D eigenvalue weighted by Crippen LogP contribution is 1.97. The van der Waals surface area contributed by atoms with Gasteiger partial charge in [-0.1, -0.05) is 0 Å². The summed E-state index contributed by atoms with van der Waals surface area (Å²) in [6, 6.07) is 0. The van der Waals surface area contributed by atoms with E-state index in [1.165, 1.54) is 5.46 Å². The zero-order valence-corrected chi connectivity index (χ0v) is 9.05. The quantitative estimate of drug-likeness (QED) is 0.565. The van der Waals surface area contributed by atoms with Crippen LogP contribution in [0, 0.1) is 13.8 Å². The molecule has 70 valence electrons. The first kappa shape index (κ1) is 10.2. The largest absolute Gasteiger partial charge is 0.302 e. The predicted octanol–water partition coefficient (Wildman–Crippen LogP) is -0.587. The maximum atomic E-state index is 4.42. The maximum absolute atomic E-state index is 4.42. The molecule has 1 aromatic rings. The highest BCUT2D eigenvalue weighted by Gasteiger charge is 2.04. The highest BCUT2D eigenvalue weighted by molar-refractivity contribution is 6.33. The summed E-state index contributed by atoms with van der Waals surface area (Å²) >= 11 is 0. The topological polar surface area (TPSA) is 29.0 Å². The van der Waals surface area contributed by atoms with Gasteiger partial charge >= 0.3 is 0 Å². The summed E-state index contributed by atoms with van der Waals surface area (Å²) in [5.41, 5.74) is 3.37. The number of nitrogens with zero attached hydrogens (tertiary/aromatic N) is 3. The van der Waals surface area contributed by atoms with Gasteiger partial charge in [0.25, 0.3) is 0 Å². The van der Waals surface area contributed by atoms with Gasteiger partial charge in [0.2, 0.25) is 0 Å². The molecule has 0 fully saturated rings. The Morgan fingerprint density at radius 2 is 1.62 bits per heavy atom. The molecule has 0 aliphatic carbocycles. The van der Waals surface area contributed by atoms with E-state index in [1.54, 1.807) is 0 Å². The Morgan fingerprint density at radius 3 is 2.00 bits per heavy atom. The Balaban J connectivity index is 2.99. The second-order valence-electron chi connectivity index (χ2n) is 3.67. The molecule has 1 aromatic heterocycles. The van der Waals surface area contributed by atoms with Crippen LogP contribution in [-0.2, 0) is 6.54 Å². The van der Waals surface area contributed by atoms with Gasteiger partial charge in [0.1, 0.15) is 13.7 Å². The normalized spacial score (nSPS) is 10.8. The van der Waals surface area contributed by atoms with Crippen molar-refractivity contribution in [3.8, 4) is 0 Å². The van der Waals surface area contributed by atoms with Crippen LogP contribution in [0.1, 0.15) is 17.2 Å². The third-order valence-electron chi connectivity index (χ3n) is 2.14. The Hall–Kier alpha value is -0.895. The van der Waals surface area contributed by atoms with Gasteiger partial charge < -0.3 is 4.90 Å². The lowest BCUT2D eigenvalue weighted by Crippen LogP contribution is -2.21. The van der Waals surface area contributed by atoms with Gasteiger partial charge in [-0.25, -0.2) is 9.97 Å². The average molecular weight is 177 g/mol. The molecule has 1 heterocycles. The van der Waals surface area contributed by atoms with Crippen LogP contribution in [0.2, 0.25) is 0 Å². The highest BCUT2D eigenvalue weighted by atomic mass is 15.1. The molecule has 4 heteroatoms. The zero-order valence-electron chi connectivity index (χ0n) is 9.05. The van der Waals surface area contributed by atoms with E-state index in [9.17, 15) is 0 Å². The van der Waals surface area contributed by atoms with Gasteiger partial charge in [-0.2, -0.15) is 0 Å². The summed E-state index contributed by atoms with van der Waals surface area (Å²) in [6.07, 6.45) is 0. The van der Waals surface area contributed by atoms with Crippen molar-refractivity contribution in [1.29, 1.82) is 0 Å². The van der Waals surface area contributed by atoms with E-state index in [4.69, 9.17) is 0 Å². The lowest BCUT2D eigenvalue weighted by atomic mass is 9.93. The molecular weight excluding hydrogens is 161 g/mol. The van der Waals surface area contributed by atoms with Crippen molar-refractivity contribution in [2.24, 2.45) is 0 Å². The summed E-state index contributed by atoms with van der Waals surface area (Å²) in [6.45, 7) is 4.87. The van der Waals surface area contributed by atoms with Crippen LogP contribution in [0.25, 0.3) is 0 Å². The minimum absolute atomic E-state index is 0.808. The molecule has 13 heavy (non-hydrogen) atoms. The number of hydrogen-bond donors (Lipinski definition) is 0. The molecule has 0 spiro atoms. The predicted molar refractivity (Wildman–Crippen MR) is 57.1 cm³/mol. The summed E-state index contributed by atoms with van der Waals surface area (Å²) in [7, 11) is 6.10. The lowest BCUT2D eigenvalue weighted by Gasteiger charge is -2.11. The van der Waals surface area contributed by atoms with Crippen molar-refractivity contribution < 1.29 is 0 Å². The molecule has 0 bridgehead atoms. The third kappa shape index (κ3) is 2.52. The van der Waals surface area contributed by atoms with Crippen LogP contribution in [0.3, 0.4) is 0 Å². The van der Waals surface area contributed by atoms with Crippen LogP contribution >= 0.6 is 0 Å². The molecule has 0 aromatic carbocycles. The average Bonchev–Trinajstić information content (AvgIpc) is 1.98. The van der Waals surface area contributed by atoms with Gasteiger partial charge in [0.15, 0.2) is 0 Å². The Labute approximate surface area is 80.6 Å². The molecule has 0 unspecified atom stereocenters. The van der Waals surface area contributed by atoms with Crippen LogP contribution in [0.4, 0.5) is 0 Å². The molecular formula is C9H16BN3. The van der Waals surface area contributed by atoms with E-state index in [0.717, 1.165) is 23.8 Å². The SMILES string of the molecule is Bc1c(C)nc(CN(C)C)nc1C. The van der Waals surface area contributed by atoms with Crippen molar-refractivity contribution >= 4 is 13.3 Å². The Morgan fingerprint density at radius 1 is 1.15 bits per heavy atom. The van der Waals surface area contributed by atoms with E-state index in [0.29, 0.717) is 0 Å². The van der Waals surface area contributed by atoms with E-state index >= 15 is 0 Å². The van der Waals surface area contributed by atoms with Gasteiger partial charge in [-0.05, 0) is 33.4 Å². The van der Waals surface area contributed by atoms with Crippen molar-refractivity contribution in [2.45, 2.75) is 20.4 Å². The fourth-order valence-electron chi connectivity index (χ4n) is 1.20. The first-order valence-electron chi connectivity index (χ1n) is 4.46. The molecule has 0 aliphatic heterocycles. The first-order chi connectivity index (χ1) is 6.00. The zero-order chi connectivity index (χ0) is 10.0. The standard InChI is InChI=1S/C9H16BN3/c1-6-9(10)7(2)12-8(11-6)5-13(3)4/h5,10H2,1-4H3. The number of rotatable bonds is 2. The molecule has 0 saturated carbocycles. The van der Waals surface area contributed by atoms with Crippen molar-refractivity contribution in [2.75, 3.05) is 14.1 Å². The van der Waals surface area contributed by atoms with Crippen LogP contribution < -0.4 is 5.46 Å². The van der Waals surface area contributed by atoms with Gasteiger partial charge in [0, 0.05) is 11.4 Å². The molecule has 3 nitrogen and oxygen atoms in total. The maximum Gasteiger partial charge on any atom is 0.144 e. The van der Waals surface area contributed by atoms with Crippen molar-refractivity contribution in [3.05, 3.63) is 17.2 Å². The Bertz CT molecular complexity index is 287. The van der Waals surface area contributed by atoms with E-state index in [2.05, 4.69) is 22.7 Å². The third-order valence-corrected chi connectivity index (χ3v) is 2.14. The Kier molecular flexibility index (Phi) is 3.04. The summed E-state index contributed by atoms with van der Waals surface area (Å²) in [5.74, 6) is 0.908. The second kappa shape index (κ2) is 3.88. The fourth-order valence-corrected chi connectivity index (χ4v) is 1.20. The molecule has 0 atom stereocenters. The van der Waals surface area contributed by atoms with Crippen LogP contribution in [-0.4, -0.2) is 36.8 Å². The lowest BCUT2D eigenvalue weighted by molar-refractivity contribution is 0.389. The first-order valence-corrected chi connectivity index (χ1v) is 4.46. The van der Waals surface area contributed by atoms with E-state index in [1.807, 2.05) is 27.9 Å². The van der Waals surface area contributed by atoms with Crippen LogP contribution in [0.15, 0.2) is 0 Å². The minimum Gasteiger partial charge on any atom is -0.302 e. The monoisotopic (exact) mass is 177 g/mol. The molecule has 0 radical (unpaired) electrons. The molecule has 0 N–H and O–H groups in total. The van der Waals surface area contributed by atoms with Gasteiger partial charge in [-0.3, -0.25) is 0 Å². The van der Waals surface area contributed by atoms with E-state index in [-0.39, 0.29) is 0 Å². The number of hydrogen-bond acceptors (Lipinski definition) is 3. The smallest absolute Gasteiger partial charge is 0.144 e. The van der Waals surface area contributed by atoms with Crippen LogP contribution in [0.5, 0.6) is 0 Å². The second-order valence-corrected chi connectivity index (χ2v) is 3.67. The molecule has 1 rings (SSSR count). The van der Waals surface area contributed by atoms with Crippen molar-refractivity contribution in [3.63, 3.8) is 0 Å².